The number of aliphatic carboxylic acids is 1. The van der Waals surface area contributed by atoms with Crippen LogP contribution in [0.4, 0.5) is 0 Å². The maximum Gasteiger partial charge on any atom is 0.330 e. The number of hydrogen-bond acceptors (Lipinski definition) is 2. The maximum absolute atomic E-state index is 10.0. The largest absolute Gasteiger partial charge is 0.478 e. The number of allylic oxidation sites excluding steroid dienone is 1. The number of carboxylic acids is 1. The van der Waals surface area contributed by atoms with Crippen LogP contribution in [0.25, 0.3) is 0 Å². The lowest BCUT2D eigenvalue weighted by atomic mass is 10.2. The van der Waals surface area contributed by atoms with Gasteiger partial charge in [0.15, 0.2) is 0 Å². The minimum Gasteiger partial charge on any atom is -0.478 e. The molecule has 0 spiro atoms. The van der Waals surface area contributed by atoms with Gasteiger partial charge in [0.2, 0.25) is 0 Å². The summed E-state index contributed by atoms with van der Waals surface area (Å²) in [4.78, 5) is 10.0. The van der Waals surface area contributed by atoms with Crippen molar-refractivity contribution in [2.75, 3.05) is 13.6 Å². The Morgan fingerprint density at radius 3 is 2.00 bits per heavy atom. The Bertz CT molecular complexity index is 139. The molecule has 0 fully saturated rings. The molecular formula is C9H19NO2. The van der Waals surface area contributed by atoms with Crippen LogP contribution in [-0.2, 0) is 4.79 Å². The summed E-state index contributed by atoms with van der Waals surface area (Å²) in [5, 5.41) is 11.2. The molecule has 0 heterocycles. The van der Waals surface area contributed by atoms with Crippen LogP contribution < -0.4 is 5.32 Å². The van der Waals surface area contributed by atoms with Crippen molar-refractivity contribution < 1.29 is 9.90 Å². The van der Waals surface area contributed by atoms with E-state index in [1.165, 1.54) is 0 Å². The van der Waals surface area contributed by atoms with Crippen LogP contribution in [0.15, 0.2) is 11.6 Å². The van der Waals surface area contributed by atoms with E-state index in [0.29, 0.717) is 5.57 Å². The summed E-state index contributed by atoms with van der Waals surface area (Å²) in [6.07, 6.45) is 2.47. The Labute approximate surface area is 74.5 Å². The Morgan fingerprint density at radius 2 is 1.92 bits per heavy atom. The van der Waals surface area contributed by atoms with Crippen molar-refractivity contribution in [1.29, 1.82) is 0 Å². The fourth-order valence-corrected chi connectivity index (χ4v) is 0.393. The Morgan fingerprint density at radius 1 is 1.50 bits per heavy atom. The van der Waals surface area contributed by atoms with Crippen LogP contribution in [0.2, 0.25) is 0 Å². The molecule has 0 aromatic rings. The van der Waals surface area contributed by atoms with Crippen LogP contribution >= 0.6 is 0 Å². The van der Waals surface area contributed by atoms with Crippen molar-refractivity contribution in [1.82, 2.24) is 5.32 Å². The SMILES string of the molecule is CCC=C(C)C(=O)O.CCNC. The molecule has 0 aliphatic rings. The molecule has 72 valence electrons. The third-order valence-electron chi connectivity index (χ3n) is 1.20. The number of hydrogen-bond donors (Lipinski definition) is 2. The monoisotopic (exact) mass is 173 g/mol. The third-order valence-corrected chi connectivity index (χ3v) is 1.20. The lowest BCUT2D eigenvalue weighted by molar-refractivity contribution is -0.132. The van der Waals surface area contributed by atoms with Gasteiger partial charge in [-0.3, -0.25) is 0 Å². The van der Waals surface area contributed by atoms with Gasteiger partial charge in [-0.15, -0.1) is 0 Å². The molecule has 0 amide bonds. The molecule has 0 radical (unpaired) electrons. The van der Waals surface area contributed by atoms with E-state index < -0.39 is 5.97 Å². The lowest BCUT2D eigenvalue weighted by Crippen LogP contribution is -2.01. The van der Waals surface area contributed by atoms with E-state index in [4.69, 9.17) is 5.11 Å². The van der Waals surface area contributed by atoms with E-state index in [9.17, 15) is 4.79 Å². The topological polar surface area (TPSA) is 49.3 Å². The zero-order valence-electron chi connectivity index (χ0n) is 8.35. The summed E-state index contributed by atoms with van der Waals surface area (Å²) in [6, 6.07) is 0. The molecular weight excluding hydrogens is 154 g/mol. The first kappa shape index (κ1) is 13.7. The summed E-state index contributed by atoms with van der Waals surface area (Å²) in [6.45, 7) is 6.64. The normalized spacial score (nSPS) is 10.2. The van der Waals surface area contributed by atoms with E-state index in [2.05, 4.69) is 12.2 Å². The van der Waals surface area contributed by atoms with Gasteiger partial charge in [-0.1, -0.05) is 19.9 Å². The zero-order chi connectivity index (χ0) is 9.98. The maximum atomic E-state index is 10.0. The highest BCUT2D eigenvalue weighted by atomic mass is 16.4. The molecule has 0 saturated carbocycles. The number of carbonyl (C=O) groups is 1. The zero-order valence-corrected chi connectivity index (χ0v) is 8.35. The van der Waals surface area contributed by atoms with Crippen LogP contribution in [0.1, 0.15) is 27.2 Å². The average Bonchev–Trinajstić information content (AvgIpc) is 2.05. The van der Waals surface area contributed by atoms with E-state index in [0.717, 1.165) is 13.0 Å². The van der Waals surface area contributed by atoms with Gasteiger partial charge >= 0.3 is 5.97 Å². The minimum absolute atomic E-state index is 0.424. The number of carboxylic acid groups (broad SMARTS) is 1. The molecule has 0 atom stereocenters. The molecule has 0 saturated heterocycles. The molecule has 0 bridgehead atoms. The Balaban J connectivity index is 0. The number of rotatable bonds is 3. The van der Waals surface area contributed by atoms with Crippen LogP contribution in [0.3, 0.4) is 0 Å². The molecule has 0 aliphatic heterocycles. The molecule has 0 aromatic heterocycles. The highest BCUT2D eigenvalue weighted by molar-refractivity contribution is 5.85. The predicted octanol–water partition coefficient (Wildman–Crippen LogP) is 1.65. The third kappa shape index (κ3) is 11.9. The van der Waals surface area contributed by atoms with Gasteiger partial charge in [0.25, 0.3) is 0 Å². The second-order valence-corrected chi connectivity index (χ2v) is 2.31. The fraction of sp³-hybridized carbons (Fsp3) is 0.667. The second-order valence-electron chi connectivity index (χ2n) is 2.31. The standard InChI is InChI=1S/C6H10O2.C3H9N/c1-3-4-5(2)6(7)8;1-3-4-2/h4H,3H2,1-2H3,(H,7,8);4H,3H2,1-2H3. The summed E-state index contributed by atoms with van der Waals surface area (Å²) in [5.41, 5.74) is 0.424. The summed E-state index contributed by atoms with van der Waals surface area (Å²) in [7, 11) is 1.93. The summed E-state index contributed by atoms with van der Waals surface area (Å²) >= 11 is 0. The first-order valence-corrected chi connectivity index (χ1v) is 4.14. The highest BCUT2D eigenvalue weighted by Gasteiger charge is 1.94. The van der Waals surface area contributed by atoms with Gasteiger partial charge in [-0.2, -0.15) is 0 Å². The molecule has 0 aromatic carbocycles. The van der Waals surface area contributed by atoms with Gasteiger partial charge in [0, 0.05) is 5.57 Å². The number of nitrogens with one attached hydrogen (secondary N) is 1. The van der Waals surface area contributed by atoms with Crippen molar-refractivity contribution in [3.8, 4) is 0 Å². The van der Waals surface area contributed by atoms with Crippen LogP contribution in [0, 0.1) is 0 Å². The van der Waals surface area contributed by atoms with Gasteiger partial charge in [-0.05, 0) is 26.9 Å². The lowest BCUT2D eigenvalue weighted by Gasteiger charge is -1.87. The average molecular weight is 173 g/mol. The molecule has 0 unspecified atom stereocenters. The van der Waals surface area contributed by atoms with Crippen molar-refractivity contribution >= 4 is 5.97 Å². The summed E-state index contributed by atoms with van der Waals surface area (Å²) < 4.78 is 0. The fourth-order valence-electron chi connectivity index (χ4n) is 0.393. The van der Waals surface area contributed by atoms with E-state index in [1.807, 2.05) is 14.0 Å². The molecule has 0 aliphatic carbocycles. The first-order valence-electron chi connectivity index (χ1n) is 4.14. The molecule has 2 N–H and O–H groups in total. The molecule has 3 heteroatoms. The smallest absolute Gasteiger partial charge is 0.330 e. The minimum atomic E-state index is -0.827. The molecule has 12 heavy (non-hydrogen) atoms. The first-order chi connectivity index (χ1) is 5.59. The predicted molar refractivity (Wildman–Crippen MR) is 51.3 cm³/mol. The van der Waals surface area contributed by atoms with Crippen molar-refractivity contribution in [2.24, 2.45) is 0 Å². The van der Waals surface area contributed by atoms with Gasteiger partial charge in [-0.25, -0.2) is 4.79 Å². The van der Waals surface area contributed by atoms with Crippen LogP contribution in [0.5, 0.6) is 0 Å². The van der Waals surface area contributed by atoms with Crippen molar-refractivity contribution in [2.45, 2.75) is 27.2 Å². The summed E-state index contributed by atoms with van der Waals surface area (Å²) in [5.74, 6) is -0.827. The second kappa shape index (κ2) is 10.2. The Kier molecular flexibility index (Phi) is 11.6. The Hall–Kier alpha value is -0.830. The van der Waals surface area contributed by atoms with Gasteiger partial charge < -0.3 is 10.4 Å². The van der Waals surface area contributed by atoms with Crippen molar-refractivity contribution in [3.05, 3.63) is 11.6 Å². The molecule has 0 rings (SSSR count). The van der Waals surface area contributed by atoms with Crippen LogP contribution in [-0.4, -0.2) is 24.7 Å². The quantitative estimate of drug-likeness (QED) is 0.638. The van der Waals surface area contributed by atoms with Crippen molar-refractivity contribution in [3.63, 3.8) is 0 Å². The van der Waals surface area contributed by atoms with E-state index in [1.54, 1.807) is 13.0 Å². The molecule has 3 nitrogen and oxygen atoms in total. The van der Waals surface area contributed by atoms with E-state index >= 15 is 0 Å². The highest BCUT2D eigenvalue weighted by Crippen LogP contribution is 1.92. The van der Waals surface area contributed by atoms with E-state index in [-0.39, 0.29) is 0 Å². The van der Waals surface area contributed by atoms with Gasteiger partial charge in [0.05, 0.1) is 0 Å². The van der Waals surface area contributed by atoms with Gasteiger partial charge in [0.1, 0.15) is 0 Å².